The summed E-state index contributed by atoms with van der Waals surface area (Å²) < 4.78 is 0. The van der Waals surface area contributed by atoms with Crippen LogP contribution in [0.4, 0.5) is 22.7 Å². The lowest BCUT2D eigenvalue weighted by Gasteiger charge is -2.11. The van der Waals surface area contributed by atoms with Crippen LogP contribution < -0.4 is 22.5 Å². The molecule has 2 rings (SSSR count). The van der Waals surface area contributed by atoms with Gasteiger partial charge in [0.05, 0.1) is 10.7 Å². The molecule has 0 saturated heterocycles. The van der Waals surface area contributed by atoms with Gasteiger partial charge in [-0.3, -0.25) is 0 Å². The van der Waals surface area contributed by atoms with Crippen LogP contribution in [0.15, 0.2) is 36.4 Å². The van der Waals surface area contributed by atoms with E-state index in [2.05, 4.69) is 5.32 Å². The summed E-state index contributed by atoms with van der Waals surface area (Å²) in [5.74, 6) is 0. The lowest BCUT2D eigenvalue weighted by molar-refractivity contribution is 1.15. The van der Waals surface area contributed by atoms with Gasteiger partial charge in [0.1, 0.15) is 0 Å². The molecule has 2 aromatic carbocycles. The average molecular weight is 263 g/mol. The Hall–Kier alpha value is -2.07. The van der Waals surface area contributed by atoms with Gasteiger partial charge in [-0.2, -0.15) is 0 Å². The van der Waals surface area contributed by atoms with Crippen molar-refractivity contribution in [2.45, 2.75) is 6.54 Å². The molecule has 18 heavy (non-hydrogen) atoms. The van der Waals surface area contributed by atoms with Crippen molar-refractivity contribution >= 4 is 34.4 Å². The van der Waals surface area contributed by atoms with Crippen molar-refractivity contribution in [2.24, 2.45) is 0 Å². The Kier molecular flexibility index (Phi) is 3.48. The molecule has 2 aromatic rings. The van der Waals surface area contributed by atoms with Crippen LogP contribution in [-0.4, -0.2) is 0 Å². The summed E-state index contributed by atoms with van der Waals surface area (Å²) in [5.41, 5.74) is 21.0. The van der Waals surface area contributed by atoms with Crippen LogP contribution in [-0.2, 0) is 6.54 Å². The number of hydrogen-bond donors (Lipinski definition) is 4. The van der Waals surface area contributed by atoms with E-state index in [1.165, 1.54) is 0 Å². The molecule has 0 spiro atoms. The van der Waals surface area contributed by atoms with Gasteiger partial charge >= 0.3 is 0 Å². The minimum absolute atomic E-state index is 0.556. The number of hydrogen-bond acceptors (Lipinski definition) is 4. The van der Waals surface area contributed by atoms with Gasteiger partial charge in [0.2, 0.25) is 0 Å². The molecule has 0 heterocycles. The lowest BCUT2D eigenvalue weighted by Crippen LogP contribution is -2.04. The van der Waals surface area contributed by atoms with E-state index in [0.717, 1.165) is 11.3 Å². The van der Waals surface area contributed by atoms with Crippen LogP contribution in [0.5, 0.6) is 0 Å². The fourth-order valence-electron chi connectivity index (χ4n) is 1.64. The van der Waals surface area contributed by atoms with Crippen LogP contribution >= 0.6 is 11.6 Å². The molecule has 0 fully saturated rings. The zero-order valence-corrected chi connectivity index (χ0v) is 10.5. The summed E-state index contributed by atoms with van der Waals surface area (Å²) in [5, 5.41) is 3.78. The fraction of sp³-hybridized carbons (Fsp3) is 0.0769. The molecule has 0 radical (unpaired) electrons. The van der Waals surface area contributed by atoms with Crippen LogP contribution in [0, 0.1) is 0 Å². The third kappa shape index (κ3) is 2.78. The molecule has 94 valence electrons. The maximum Gasteiger partial charge on any atom is 0.0658 e. The molecular weight excluding hydrogens is 248 g/mol. The maximum absolute atomic E-state index is 6.07. The van der Waals surface area contributed by atoms with E-state index in [9.17, 15) is 0 Å². The standard InChI is InChI=1S/C13H15ClN4/c14-11-6-10(16)2-4-13(11)18-7-8-5-9(15)1-3-12(8)17/h1-6,18H,7,15-17H2. The van der Waals surface area contributed by atoms with Crippen molar-refractivity contribution in [3.8, 4) is 0 Å². The summed E-state index contributed by atoms with van der Waals surface area (Å²) >= 11 is 6.07. The van der Waals surface area contributed by atoms with Gasteiger partial charge in [0, 0.05) is 23.6 Å². The highest BCUT2D eigenvalue weighted by Crippen LogP contribution is 2.25. The van der Waals surface area contributed by atoms with E-state index in [0.29, 0.717) is 28.6 Å². The molecule has 0 aliphatic heterocycles. The molecule has 0 aliphatic rings. The van der Waals surface area contributed by atoms with Gasteiger partial charge in [0.25, 0.3) is 0 Å². The SMILES string of the molecule is Nc1ccc(NCc2cc(N)ccc2N)c(Cl)c1. The van der Waals surface area contributed by atoms with Crippen LogP contribution in [0.2, 0.25) is 5.02 Å². The molecule has 7 N–H and O–H groups in total. The fourth-order valence-corrected chi connectivity index (χ4v) is 1.90. The Morgan fingerprint density at radius 3 is 2.33 bits per heavy atom. The summed E-state index contributed by atoms with van der Waals surface area (Å²) in [6.45, 7) is 0.556. The highest BCUT2D eigenvalue weighted by Gasteiger charge is 2.03. The van der Waals surface area contributed by atoms with Crippen molar-refractivity contribution in [2.75, 3.05) is 22.5 Å². The van der Waals surface area contributed by atoms with Crippen molar-refractivity contribution < 1.29 is 0 Å². The topological polar surface area (TPSA) is 90.1 Å². The largest absolute Gasteiger partial charge is 0.399 e. The summed E-state index contributed by atoms with van der Waals surface area (Å²) in [4.78, 5) is 0. The lowest BCUT2D eigenvalue weighted by atomic mass is 10.1. The molecule has 0 amide bonds. The number of nitrogen functional groups attached to an aromatic ring is 3. The van der Waals surface area contributed by atoms with Crippen LogP contribution in [0.1, 0.15) is 5.56 Å². The maximum atomic E-state index is 6.07. The second-order valence-electron chi connectivity index (χ2n) is 4.05. The molecule has 0 unspecified atom stereocenters. The van der Waals surface area contributed by atoms with E-state index < -0.39 is 0 Å². The first-order chi connectivity index (χ1) is 8.56. The molecule has 0 aromatic heterocycles. The Labute approximate surface area is 111 Å². The number of nitrogens with two attached hydrogens (primary N) is 3. The first-order valence-corrected chi connectivity index (χ1v) is 5.87. The van der Waals surface area contributed by atoms with Gasteiger partial charge in [-0.05, 0) is 42.0 Å². The second kappa shape index (κ2) is 5.06. The predicted octanol–water partition coefficient (Wildman–Crippen LogP) is 2.70. The van der Waals surface area contributed by atoms with Crippen molar-refractivity contribution in [1.82, 2.24) is 0 Å². The Morgan fingerprint density at radius 1 is 0.944 bits per heavy atom. The first kappa shape index (κ1) is 12.4. The second-order valence-corrected chi connectivity index (χ2v) is 4.46. The van der Waals surface area contributed by atoms with Crippen molar-refractivity contribution in [3.05, 3.63) is 47.0 Å². The molecule has 0 saturated carbocycles. The van der Waals surface area contributed by atoms with Crippen molar-refractivity contribution in [1.29, 1.82) is 0 Å². The number of benzene rings is 2. The van der Waals surface area contributed by atoms with Gasteiger partial charge in [-0.1, -0.05) is 11.6 Å². The van der Waals surface area contributed by atoms with Crippen LogP contribution in [0.25, 0.3) is 0 Å². The normalized spacial score (nSPS) is 10.3. The van der Waals surface area contributed by atoms with E-state index >= 15 is 0 Å². The first-order valence-electron chi connectivity index (χ1n) is 5.49. The smallest absolute Gasteiger partial charge is 0.0658 e. The van der Waals surface area contributed by atoms with Gasteiger partial charge in [-0.25, -0.2) is 0 Å². The summed E-state index contributed by atoms with van der Waals surface area (Å²) in [6.07, 6.45) is 0. The molecular formula is C13H15ClN4. The molecule has 0 atom stereocenters. The van der Waals surface area contributed by atoms with E-state index in [-0.39, 0.29) is 0 Å². The number of anilines is 4. The molecule has 4 nitrogen and oxygen atoms in total. The monoisotopic (exact) mass is 262 g/mol. The van der Waals surface area contributed by atoms with Crippen LogP contribution in [0.3, 0.4) is 0 Å². The zero-order valence-electron chi connectivity index (χ0n) is 9.78. The van der Waals surface area contributed by atoms with E-state index in [4.69, 9.17) is 28.8 Å². The average Bonchev–Trinajstić information content (AvgIpc) is 2.32. The van der Waals surface area contributed by atoms with Crippen molar-refractivity contribution in [3.63, 3.8) is 0 Å². The number of rotatable bonds is 3. The minimum Gasteiger partial charge on any atom is -0.399 e. The molecule has 5 heteroatoms. The number of nitrogens with one attached hydrogen (secondary N) is 1. The Bertz CT molecular complexity index is 569. The quantitative estimate of drug-likeness (QED) is 0.640. The molecule has 0 bridgehead atoms. The van der Waals surface area contributed by atoms with Gasteiger partial charge < -0.3 is 22.5 Å². The summed E-state index contributed by atoms with van der Waals surface area (Å²) in [7, 11) is 0. The minimum atomic E-state index is 0.556. The Balaban J connectivity index is 2.13. The third-order valence-corrected chi connectivity index (χ3v) is 2.94. The highest BCUT2D eigenvalue weighted by molar-refractivity contribution is 6.33. The number of halogens is 1. The zero-order chi connectivity index (χ0) is 13.1. The Morgan fingerprint density at radius 2 is 1.61 bits per heavy atom. The van der Waals surface area contributed by atoms with E-state index in [1.807, 2.05) is 12.1 Å². The highest BCUT2D eigenvalue weighted by atomic mass is 35.5. The predicted molar refractivity (Wildman–Crippen MR) is 78.5 cm³/mol. The third-order valence-electron chi connectivity index (χ3n) is 2.63. The van der Waals surface area contributed by atoms with Gasteiger partial charge in [-0.15, -0.1) is 0 Å². The van der Waals surface area contributed by atoms with Gasteiger partial charge in [0.15, 0.2) is 0 Å². The molecule has 0 aliphatic carbocycles. The summed E-state index contributed by atoms with van der Waals surface area (Å²) in [6, 6.07) is 10.7. The van der Waals surface area contributed by atoms with E-state index in [1.54, 1.807) is 24.3 Å².